The molecule has 0 bridgehead atoms. The molecule has 0 saturated heterocycles. The number of hydrogen-bond donors (Lipinski definition) is 0. The summed E-state index contributed by atoms with van der Waals surface area (Å²) in [5, 5.41) is 0. The largest absolute Gasteiger partial charge is 0.466 e. The van der Waals surface area contributed by atoms with Crippen LogP contribution in [0.3, 0.4) is 0 Å². The van der Waals surface area contributed by atoms with E-state index in [-0.39, 0.29) is 11.1 Å². The van der Waals surface area contributed by atoms with Gasteiger partial charge in [-0.05, 0) is 16.7 Å². The molecule has 0 radical (unpaired) electrons. The number of hydrogen-bond acceptors (Lipinski definition) is 6. The second kappa shape index (κ2) is 6.34. The number of benzene rings is 2. The minimum atomic E-state index is -1.44. The molecule has 2 atom stereocenters. The zero-order valence-electron chi connectivity index (χ0n) is 15.6. The van der Waals surface area contributed by atoms with Crippen molar-refractivity contribution in [2.75, 3.05) is 14.2 Å². The van der Waals surface area contributed by atoms with Crippen molar-refractivity contribution >= 4 is 17.9 Å². The van der Waals surface area contributed by atoms with Crippen LogP contribution in [0.5, 0.6) is 0 Å². The van der Waals surface area contributed by atoms with Gasteiger partial charge in [0.25, 0.3) is 0 Å². The molecule has 6 heteroatoms. The summed E-state index contributed by atoms with van der Waals surface area (Å²) in [4.78, 5) is 37.4. The van der Waals surface area contributed by atoms with Crippen LogP contribution in [0.4, 0.5) is 0 Å². The molecule has 0 unspecified atom stereocenters. The molecule has 0 N–H and O–H groups in total. The van der Waals surface area contributed by atoms with Crippen LogP contribution in [-0.4, -0.2) is 32.1 Å². The highest BCUT2D eigenvalue weighted by atomic mass is 16.6. The predicted octanol–water partition coefficient (Wildman–Crippen LogP) is 2.87. The molecule has 2 aromatic rings. The van der Waals surface area contributed by atoms with Crippen molar-refractivity contribution in [1.29, 1.82) is 0 Å². The summed E-state index contributed by atoms with van der Waals surface area (Å²) in [5.74, 6) is -2.61. The molecule has 142 valence electrons. The summed E-state index contributed by atoms with van der Waals surface area (Å²) in [5.41, 5.74) is 1.89. The smallest absolute Gasteiger partial charge is 0.338 e. The maximum atomic E-state index is 12.7. The van der Waals surface area contributed by atoms with E-state index in [1.165, 1.54) is 21.1 Å². The fourth-order valence-corrected chi connectivity index (χ4v) is 4.40. The van der Waals surface area contributed by atoms with Gasteiger partial charge in [0.15, 0.2) is 5.60 Å². The summed E-state index contributed by atoms with van der Waals surface area (Å²) in [6.45, 7) is 1.28. The Morgan fingerprint density at radius 3 is 2.11 bits per heavy atom. The third kappa shape index (κ3) is 2.17. The van der Waals surface area contributed by atoms with Crippen molar-refractivity contribution in [2.24, 2.45) is 0 Å². The summed E-state index contributed by atoms with van der Waals surface area (Å²) in [6, 6.07) is 14.9. The van der Waals surface area contributed by atoms with Crippen LogP contribution in [0, 0.1) is 0 Å². The Hall–Kier alpha value is -3.41. The second-order valence-corrected chi connectivity index (χ2v) is 6.67. The first-order valence-corrected chi connectivity index (χ1v) is 8.77. The van der Waals surface area contributed by atoms with Gasteiger partial charge in [-0.15, -0.1) is 0 Å². The van der Waals surface area contributed by atoms with Crippen molar-refractivity contribution in [3.05, 3.63) is 70.8 Å². The Morgan fingerprint density at radius 1 is 0.857 bits per heavy atom. The van der Waals surface area contributed by atoms with E-state index in [4.69, 9.17) is 14.2 Å². The lowest BCUT2D eigenvalue weighted by Crippen LogP contribution is -2.55. The Bertz CT molecular complexity index is 1050. The van der Waals surface area contributed by atoms with Crippen LogP contribution >= 0.6 is 0 Å². The standard InChI is InChI=1S/C22H18O6/c1-12(23)28-22-16-11-7-6-9-14(16)13-8-4-5-10-15(13)18(22)17(20(24)26-2)19(22)21(25)27-3/h4-11,18H,1-3H3/t18-,22+/m1/s1. The molecule has 4 rings (SSSR count). The zero-order chi connectivity index (χ0) is 20.1. The van der Waals surface area contributed by atoms with Crippen molar-refractivity contribution in [3.8, 4) is 11.1 Å². The van der Waals surface area contributed by atoms with Crippen LogP contribution in [0.2, 0.25) is 0 Å². The van der Waals surface area contributed by atoms with E-state index in [1.807, 2.05) is 36.4 Å². The molecule has 28 heavy (non-hydrogen) atoms. The molecule has 0 saturated carbocycles. The minimum absolute atomic E-state index is 0.00371. The van der Waals surface area contributed by atoms with Crippen molar-refractivity contribution in [2.45, 2.75) is 18.4 Å². The van der Waals surface area contributed by atoms with Gasteiger partial charge in [-0.25, -0.2) is 9.59 Å². The lowest BCUT2D eigenvalue weighted by molar-refractivity contribution is -0.165. The monoisotopic (exact) mass is 378 g/mol. The van der Waals surface area contributed by atoms with E-state index in [1.54, 1.807) is 12.1 Å². The molecule has 0 fully saturated rings. The Labute approximate surface area is 161 Å². The van der Waals surface area contributed by atoms with Gasteiger partial charge in [0.05, 0.1) is 31.3 Å². The van der Waals surface area contributed by atoms with Gasteiger partial charge in [0.1, 0.15) is 0 Å². The van der Waals surface area contributed by atoms with Gasteiger partial charge >= 0.3 is 17.9 Å². The van der Waals surface area contributed by atoms with E-state index in [0.29, 0.717) is 5.56 Å². The first-order chi connectivity index (χ1) is 13.5. The van der Waals surface area contributed by atoms with Gasteiger partial charge in [-0.1, -0.05) is 48.5 Å². The molecule has 0 aromatic heterocycles. The van der Waals surface area contributed by atoms with E-state index >= 15 is 0 Å². The van der Waals surface area contributed by atoms with Gasteiger partial charge in [0, 0.05) is 12.5 Å². The molecule has 6 nitrogen and oxygen atoms in total. The molecule has 0 spiro atoms. The SMILES string of the molecule is COC(=O)C1=C(C(=O)OC)[C@]2(OC(C)=O)c3ccccc3-c3ccccc3[C@H]12. The molecule has 0 heterocycles. The third-order valence-corrected chi connectivity index (χ3v) is 5.32. The third-order valence-electron chi connectivity index (χ3n) is 5.32. The van der Waals surface area contributed by atoms with Crippen LogP contribution in [0.25, 0.3) is 11.1 Å². The lowest BCUT2D eigenvalue weighted by Gasteiger charge is -2.52. The van der Waals surface area contributed by atoms with E-state index < -0.39 is 29.4 Å². The summed E-state index contributed by atoms with van der Waals surface area (Å²) in [7, 11) is 2.47. The van der Waals surface area contributed by atoms with Crippen molar-refractivity contribution < 1.29 is 28.6 Å². The maximum absolute atomic E-state index is 12.7. The number of ether oxygens (including phenoxy) is 3. The molecule has 0 amide bonds. The highest BCUT2D eigenvalue weighted by Gasteiger charge is 2.66. The Balaban J connectivity index is 2.13. The number of rotatable bonds is 3. The topological polar surface area (TPSA) is 78.9 Å². The maximum Gasteiger partial charge on any atom is 0.338 e. The first kappa shape index (κ1) is 18.0. The quantitative estimate of drug-likeness (QED) is 0.604. The van der Waals surface area contributed by atoms with E-state index in [2.05, 4.69) is 0 Å². The minimum Gasteiger partial charge on any atom is -0.466 e. The first-order valence-electron chi connectivity index (χ1n) is 8.77. The zero-order valence-corrected chi connectivity index (χ0v) is 15.6. The number of carbonyl (C=O) groups excluding carboxylic acids is 3. The summed E-state index contributed by atoms with van der Waals surface area (Å²) < 4.78 is 15.7. The van der Waals surface area contributed by atoms with Gasteiger partial charge in [0.2, 0.25) is 0 Å². The number of esters is 3. The summed E-state index contributed by atoms with van der Waals surface area (Å²) >= 11 is 0. The molecule has 2 aromatic carbocycles. The normalized spacial score (nSPS) is 21.5. The van der Waals surface area contributed by atoms with Crippen molar-refractivity contribution in [3.63, 3.8) is 0 Å². The highest BCUT2D eigenvalue weighted by Crippen LogP contribution is 2.65. The van der Waals surface area contributed by atoms with Crippen LogP contribution in [0.1, 0.15) is 24.0 Å². The highest BCUT2D eigenvalue weighted by molar-refractivity contribution is 6.09. The molecule has 2 aliphatic rings. The molecule has 0 aliphatic heterocycles. The van der Waals surface area contributed by atoms with Gasteiger partial charge < -0.3 is 14.2 Å². The average Bonchev–Trinajstić information content (AvgIpc) is 2.69. The van der Waals surface area contributed by atoms with E-state index in [9.17, 15) is 14.4 Å². The Kier molecular flexibility index (Phi) is 4.07. The fraction of sp³-hybridized carbons (Fsp3) is 0.227. The van der Waals surface area contributed by atoms with Gasteiger partial charge in [-0.3, -0.25) is 4.79 Å². The number of carbonyl (C=O) groups is 3. The van der Waals surface area contributed by atoms with Crippen molar-refractivity contribution in [1.82, 2.24) is 0 Å². The van der Waals surface area contributed by atoms with Crippen LogP contribution < -0.4 is 0 Å². The van der Waals surface area contributed by atoms with Crippen LogP contribution in [0.15, 0.2) is 59.7 Å². The molecule has 2 aliphatic carbocycles. The second-order valence-electron chi connectivity index (χ2n) is 6.67. The fourth-order valence-electron chi connectivity index (χ4n) is 4.40. The summed E-state index contributed by atoms with van der Waals surface area (Å²) in [6.07, 6.45) is 0. The predicted molar refractivity (Wildman–Crippen MR) is 99.1 cm³/mol. The Morgan fingerprint density at radius 2 is 1.46 bits per heavy atom. The molecular formula is C22H18O6. The number of methoxy groups -OCH3 is 2. The van der Waals surface area contributed by atoms with E-state index in [0.717, 1.165) is 16.7 Å². The van der Waals surface area contributed by atoms with Crippen LogP contribution in [-0.2, 0) is 34.2 Å². The van der Waals surface area contributed by atoms with Gasteiger partial charge in [-0.2, -0.15) is 0 Å². The number of fused-ring (bicyclic) bond motifs is 6. The average molecular weight is 378 g/mol. The lowest BCUT2D eigenvalue weighted by atomic mass is 9.54. The molecular weight excluding hydrogens is 360 g/mol.